The van der Waals surface area contributed by atoms with Crippen LogP contribution in [0, 0.1) is 5.92 Å². The highest BCUT2D eigenvalue weighted by Gasteiger charge is 2.23. The fourth-order valence-electron chi connectivity index (χ4n) is 3.02. The van der Waals surface area contributed by atoms with Crippen molar-refractivity contribution >= 4 is 29.7 Å². The van der Waals surface area contributed by atoms with Gasteiger partial charge in [-0.05, 0) is 49.8 Å². The van der Waals surface area contributed by atoms with Gasteiger partial charge in [-0.3, -0.25) is 4.79 Å². The Morgan fingerprint density at radius 2 is 2.25 bits per heavy atom. The molecule has 1 saturated heterocycles. The van der Waals surface area contributed by atoms with E-state index in [9.17, 15) is 4.79 Å². The Hall–Kier alpha value is -0.580. The Labute approximate surface area is 131 Å². The van der Waals surface area contributed by atoms with E-state index in [-0.39, 0.29) is 18.3 Å². The number of rotatable bonds is 1. The Bertz CT molecular complexity index is 466. The van der Waals surface area contributed by atoms with Gasteiger partial charge in [0, 0.05) is 24.5 Å². The van der Waals surface area contributed by atoms with Crippen LogP contribution < -0.4 is 5.32 Å². The van der Waals surface area contributed by atoms with Crippen molar-refractivity contribution in [3.63, 3.8) is 0 Å². The summed E-state index contributed by atoms with van der Waals surface area (Å²) in [6, 6.07) is 2.16. The van der Waals surface area contributed by atoms with E-state index in [2.05, 4.69) is 18.3 Å². The molecule has 20 heavy (non-hydrogen) atoms. The minimum Gasteiger partial charge on any atom is -0.337 e. The molecule has 5 heteroatoms. The van der Waals surface area contributed by atoms with Crippen molar-refractivity contribution in [1.82, 2.24) is 10.2 Å². The van der Waals surface area contributed by atoms with Gasteiger partial charge >= 0.3 is 0 Å². The van der Waals surface area contributed by atoms with E-state index in [4.69, 9.17) is 0 Å². The van der Waals surface area contributed by atoms with Crippen molar-refractivity contribution in [1.29, 1.82) is 0 Å². The number of fused-ring (bicyclic) bond motifs is 1. The maximum Gasteiger partial charge on any atom is 0.263 e. The van der Waals surface area contributed by atoms with Crippen LogP contribution in [-0.4, -0.2) is 37.0 Å². The number of hydrogen-bond donors (Lipinski definition) is 1. The molecule has 112 valence electrons. The Balaban J connectivity index is 0.00000147. The molecule has 2 heterocycles. The Morgan fingerprint density at radius 3 is 3.10 bits per heavy atom. The summed E-state index contributed by atoms with van der Waals surface area (Å²) in [4.78, 5) is 17.0. The van der Waals surface area contributed by atoms with E-state index in [1.54, 1.807) is 11.3 Å². The van der Waals surface area contributed by atoms with Crippen molar-refractivity contribution in [3.8, 4) is 0 Å². The zero-order valence-electron chi connectivity index (χ0n) is 12.0. The SMILES string of the molecule is CC1CCc2sc(C(=O)N3CCCNCC3)cc2C1.Cl. The van der Waals surface area contributed by atoms with Crippen LogP contribution in [0.15, 0.2) is 6.07 Å². The first kappa shape index (κ1) is 15.8. The first-order valence-electron chi connectivity index (χ1n) is 7.35. The van der Waals surface area contributed by atoms with Gasteiger partial charge in [0.1, 0.15) is 0 Å². The van der Waals surface area contributed by atoms with Crippen LogP contribution in [0.2, 0.25) is 0 Å². The second-order valence-electron chi connectivity index (χ2n) is 5.80. The fraction of sp³-hybridized carbons (Fsp3) is 0.667. The van der Waals surface area contributed by atoms with Crippen LogP contribution in [0.5, 0.6) is 0 Å². The second-order valence-corrected chi connectivity index (χ2v) is 6.94. The van der Waals surface area contributed by atoms with Crippen LogP contribution in [0.25, 0.3) is 0 Å². The van der Waals surface area contributed by atoms with Gasteiger partial charge in [-0.15, -0.1) is 23.7 Å². The molecule has 1 aliphatic carbocycles. The highest BCUT2D eigenvalue weighted by molar-refractivity contribution is 7.14. The number of nitrogens with one attached hydrogen (secondary N) is 1. The first-order valence-corrected chi connectivity index (χ1v) is 8.17. The third-order valence-electron chi connectivity index (χ3n) is 4.17. The van der Waals surface area contributed by atoms with Crippen molar-refractivity contribution in [2.45, 2.75) is 32.6 Å². The highest BCUT2D eigenvalue weighted by Crippen LogP contribution is 2.32. The quantitative estimate of drug-likeness (QED) is 0.864. The largest absolute Gasteiger partial charge is 0.337 e. The molecule has 1 amide bonds. The molecule has 1 fully saturated rings. The van der Waals surface area contributed by atoms with Crippen molar-refractivity contribution in [2.24, 2.45) is 5.92 Å². The molecule has 1 unspecified atom stereocenters. The predicted octanol–water partition coefficient (Wildman–Crippen LogP) is 2.73. The van der Waals surface area contributed by atoms with E-state index in [1.807, 2.05) is 4.90 Å². The van der Waals surface area contributed by atoms with Gasteiger partial charge in [0.2, 0.25) is 0 Å². The van der Waals surface area contributed by atoms with Crippen LogP contribution in [0.1, 0.15) is 39.9 Å². The minimum absolute atomic E-state index is 0. The van der Waals surface area contributed by atoms with E-state index in [0.29, 0.717) is 0 Å². The van der Waals surface area contributed by atoms with Crippen LogP contribution in [-0.2, 0) is 12.8 Å². The third kappa shape index (κ3) is 3.35. The lowest BCUT2D eigenvalue weighted by Crippen LogP contribution is -2.33. The average Bonchev–Trinajstić information content (AvgIpc) is 2.64. The van der Waals surface area contributed by atoms with Gasteiger partial charge in [0.25, 0.3) is 5.91 Å². The summed E-state index contributed by atoms with van der Waals surface area (Å²) in [5, 5.41) is 3.35. The summed E-state index contributed by atoms with van der Waals surface area (Å²) in [6.07, 6.45) is 4.65. The fourth-order valence-corrected chi connectivity index (χ4v) is 4.19. The molecule has 1 aliphatic heterocycles. The van der Waals surface area contributed by atoms with Gasteiger partial charge < -0.3 is 10.2 Å². The van der Waals surface area contributed by atoms with Gasteiger partial charge in [0.05, 0.1) is 4.88 Å². The van der Waals surface area contributed by atoms with E-state index < -0.39 is 0 Å². The zero-order valence-corrected chi connectivity index (χ0v) is 13.6. The number of thiophene rings is 1. The zero-order chi connectivity index (χ0) is 13.2. The summed E-state index contributed by atoms with van der Waals surface area (Å²) >= 11 is 1.73. The van der Waals surface area contributed by atoms with E-state index in [1.165, 1.54) is 16.9 Å². The molecule has 0 radical (unpaired) electrons. The molecule has 2 aliphatic rings. The molecule has 3 nitrogen and oxygen atoms in total. The van der Waals surface area contributed by atoms with Gasteiger partial charge in [-0.25, -0.2) is 0 Å². The monoisotopic (exact) mass is 314 g/mol. The number of carbonyl (C=O) groups excluding carboxylic acids is 1. The predicted molar refractivity (Wildman–Crippen MR) is 86.1 cm³/mol. The standard InChI is InChI=1S/C15H22N2OS.ClH/c1-11-3-4-13-12(9-11)10-14(19-13)15(18)17-7-2-5-16-6-8-17;/h10-11,16H,2-9H2,1H3;1H. The van der Waals surface area contributed by atoms with E-state index in [0.717, 1.165) is 56.2 Å². The molecule has 0 spiro atoms. The lowest BCUT2D eigenvalue weighted by Gasteiger charge is -2.18. The van der Waals surface area contributed by atoms with Crippen molar-refractivity contribution in [3.05, 3.63) is 21.4 Å². The summed E-state index contributed by atoms with van der Waals surface area (Å²) in [7, 11) is 0. The molecule has 0 bridgehead atoms. The third-order valence-corrected chi connectivity index (χ3v) is 5.39. The van der Waals surface area contributed by atoms with Gasteiger partial charge in [0.15, 0.2) is 0 Å². The van der Waals surface area contributed by atoms with Crippen molar-refractivity contribution in [2.75, 3.05) is 26.2 Å². The molecular weight excluding hydrogens is 292 g/mol. The molecule has 0 aromatic carbocycles. The first-order chi connectivity index (χ1) is 9.24. The number of halogens is 1. The van der Waals surface area contributed by atoms with Gasteiger partial charge in [-0.1, -0.05) is 6.92 Å². The molecule has 1 aromatic rings. The highest BCUT2D eigenvalue weighted by atomic mass is 35.5. The van der Waals surface area contributed by atoms with Crippen LogP contribution >= 0.6 is 23.7 Å². The number of hydrogen-bond acceptors (Lipinski definition) is 3. The average molecular weight is 315 g/mol. The molecule has 3 rings (SSSR count). The molecule has 1 N–H and O–H groups in total. The second kappa shape index (κ2) is 6.92. The molecule has 1 atom stereocenters. The smallest absolute Gasteiger partial charge is 0.263 e. The summed E-state index contributed by atoms with van der Waals surface area (Å²) in [6.45, 7) is 6.00. The maximum atomic E-state index is 12.6. The molecule has 1 aromatic heterocycles. The number of amides is 1. The lowest BCUT2D eigenvalue weighted by molar-refractivity contribution is 0.0771. The molecule has 0 saturated carbocycles. The normalized spacial score (nSPS) is 22.6. The Kier molecular flexibility index (Phi) is 5.47. The topological polar surface area (TPSA) is 32.3 Å². The number of carbonyl (C=O) groups is 1. The lowest BCUT2D eigenvalue weighted by atomic mass is 9.90. The summed E-state index contributed by atoms with van der Waals surface area (Å²) < 4.78 is 0. The summed E-state index contributed by atoms with van der Waals surface area (Å²) in [5.74, 6) is 1.02. The van der Waals surface area contributed by atoms with Crippen LogP contribution in [0.3, 0.4) is 0 Å². The minimum atomic E-state index is 0. The maximum absolute atomic E-state index is 12.6. The number of aryl methyl sites for hydroxylation is 1. The number of nitrogens with zero attached hydrogens (tertiary/aromatic N) is 1. The van der Waals surface area contributed by atoms with E-state index >= 15 is 0 Å². The van der Waals surface area contributed by atoms with Gasteiger partial charge in [-0.2, -0.15) is 0 Å². The molecular formula is C15H23ClN2OS. The Morgan fingerprint density at radius 1 is 1.40 bits per heavy atom. The van der Waals surface area contributed by atoms with Crippen LogP contribution in [0.4, 0.5) is 0 Å². The van der Waals surface area contributed by atoms with Crippen molar-refractivity contribution < 1.29 is 4.79 Å². The summed E-state index contributed by atoms with van der Waals surface area (Å²) in [5.41, 5.74) is 1.43.